The summed E-state index contributed by atoms with van der Waals surface area (Å²) in [5, 5.41) is 2.95. The summed E-state index contributed by atoms with van der Waals surface area (Å²) in [6.45, 7) is 6.40. The normalized spacial score (nSPS) is 14.7. The number of nitrogens with one attached hydrogen (secondary N) is 1. The van der Waals surface area contributed by atoms with Gasteiger partial charge >= 0.3 is 0 Å². The van der Waals surface area contributed by atoms with E-state index in [1.165, 1.54) is 18.5 Å². The molecule has 5 nitrogen and oxygen atoms in total. The maximum Gasteiger partial charge on any atom is 0.255 e. The molecule has 0 aliphatic carbocycles. The smallest absolute Gasteiger partial charge is 0.255 e. The summed E-state index contributed by atoms with van der Waals surface area (Å²) in [4.78, 5) is 15.1. The lowest BCUT2D eigenvalue weighted by molar-refractivity contribution is 0.102. The Labute approximate surface area is 161 Å². The van der Waals surface area contributed by atoms with Crippen LogP contribution in [0.2, 0.25) is 0 Å². The van der Waals surface area contributed by atoms with Crippen molar-refractivity contribution in [2.24, 2.45) is 5.92 Å². The van der Waals surface area contributed by atoms with Gasteiger partial charge in [-0.2, -0.15) is 0 Å². The van der Waals surface area contributed by atoms with Gasteiger partial charge in [0.15, 0.2) is 0 Å². The van der Waals surface area contributed by atoms with Crippen LogP contribution < -0.4 is 19.7 Å². The molecule has 0 unspecified atom stereocenters. The Kier molecular flexibility index (Phi) is 5.89. The molecule has 1 aliphatic rings. The minimum Gasteiger partial charge on any atom is -0.496 e. The first-order valence-electron chi connectivity index (χ1n) is 9.40. The Morgan fingerprint density at radius 2 is 1.59 bits per heavy atom. The highest BCUT2D eigenvalue weighted by molar-refractivity contribution is 6.05. The Morgan fingerprint density at radius 3 is 2.11 bits per heavy atom. The van der Waals surface area contributed by atoms with Crippen LogP contribution in [0, 0.1) is 12.8 Å². The zero-order valence-electron chi connectivity index (χ0n) is 16.5. The van der Waals surface area contributed by atoms with Crippen LogP contribution in [0.1, 0.15) is 35.7 Å². The second-order valence-electron chi connectivity index (χ2n) is 7.18. The molecule has 0 bridgehead atoms. The van der Waals surface area contributed by atoms with E-state index in [9.17, 15) is 4.79 Å². The molecule has 1 saturated heterocycles. The SMILES string of the molecule is COc1cc(C(=O)Nc2ccc(N3CCC(C)CC3)cc2)cc(OC)c1C. The summed E-state index contributed by atoms with van der Waals surface area (Å²) < 4.78 is 10.7. The van der Waals surface area contributed by atoms with Crippen molar-refractivity contribution in [3.05, 3.63) is 47.5 Å². The minimum atomic E-state index is -0.189. The van der Waals surface area contributed by atoms with E-state index in [1.54, 1.807) is 26.4 Å². The monoisotopic (exact) mass is 368 g/mol. The molecule has 1 heterocycles. The van der Waals surface area contributed by atoms with Crippen LogP contribution >= 0.6 is 0 Å². The van der Waals surface area contributed by atoms with Crippen molar-refractivity contribution < 1.29 is 14.3 Å². The number of benzene rings is 2. The van der Waals surface area contributed by atoms with Crippen LogP contribution in [0.15, 0.2) is 36.4 Å². The van der Waals surface area contributed by atoms with Crippen molar-refractivity contribution in [3.63, 3.8) is 0 Å². The zero-order chi connectivity index (χ0) is 19.4. The molecule has 3 rings (SSSR count). The van der Waals surface area contributed by atoms with Crippen molar-refractivity contribution in [2.45, 2.75) is 26.7 Å². The van der Waals surface area contributed by atoms with Crippen LogP contribution in [0.3, 0.4) is 0 Å². The number of ether oxygens (including phenoxy) is 2. The third-order valence-electron chi connectivity index (χ3n) is 5.29. The van der Waals surface area contributed by atoms with E-state index in [-0.39, 0.29) is 5.91 Å². The number of anilines is 2. The van der Waals surface area contributed by atoms with Gasteiger partial charge in [0.2, 0.25) is 0 Å². The lowest BCUT2D eigenvalue weighted by Gasteiger charge is -2.32. The lowest BCUT2D eigenvalue weighted by Crippen LogP contribution is -2.32. The molecule has 27 heavy (non-hydrogen) atoms. The van der Waals surface area contributed by atoms with Crippen LogP contribution in [-0.2, 0) is 0 Å². The molecule has 0 aromatic heterocycles. The molecule has 1 aliphatic heterocycles. The maximum atomic E-state index is 12.7. The van der Waals surface area contributed by atoms with Gasteiger partial charge in [-0.1, -0.05) is 6.92 Å². The van der Waals surface area contributed by atoms with E-state index in [2.05, 4.69) is 29.3 Å². The molecular weight excluding hydrogens is 340 g/mol. The van der Waals surface area contributed by atoms with Crippen LogP contribution in [-0.4, -0.2) is 33.2 Å². The van der Waals surface area contributed by atoms with Gasteiger partial charge in [-0.3, -0.25) is 4.79 Å². The molecule has 2 aromatic rings. The quantitative estimate of drug-likeness (QED) is 0.844. The number of carbonyl (C=O) groups is 1. The van der Waals surface area contributed by atoms with Crippen molar-refractivity contribution in [2.75, 3.05) is 37.5 Å². The van der Waals surface area contributed by atoms with E-state index in [1.807, 2.05) is 19.1 Å². The molecule has 1 N–H and O–H groups in total. The second-order valence-corrected chi connectivity index (χ2v) is 7.18. The van der Waals surface area contributed by atoms with Crippen LogP contribution in [0.25, 0.3) is 0 Å². The van der Waals surface area contributed by atoms with E-state index >= 15 is 0 Å². The number of hydrogen-bond donors (Lipinski definition) is 1. The van der Waals surface area contributed by atoms with Gasteiger partial charge < -0.3 is 19.7 Å². The van der Waals surface area contributed by atoms with Crippen LogP contribution in [0.5, 0.6) is 11.5 Å². The molecule has 1 fully saturated rings. The fourth-order valence-electron chi connectivity index (χ4n) is 3.44. The zero-order valence-corrected chi connectivity index (χ0v) is 16.5. The van der Waals surface area contributed by atoms with Gasteiger partial charge in [-0.05, 0) is 62.1 Å². The summed E-state index contributed by atoms with van der Waals surface area (Å²) in [6, 6.07) is 11.5. The van der Waals surface area contributed by atoms with E-state index in [0.29, 0.717) is 17.1 Å². The standard InChI is InChI=1S/C22H28N2O3/c1-15-9-11-24(12-10-15)19-7-5-18(6-8-19)23-22(25)17-13-20(26-3)16(2)21(14-17)27-4/h5-8,13-15H,9-12H2,1-4H3,(H,23,25). The Morgan fingerprint density at radius 1 is 1.04 bits per heavy atom. The molecule has 0 radical (unpaired) electrons. The summed E-state index contributed by atoms with van der Waals surface area (Å²) in [7, 11) is 3.17. The highest BCUT2D eigenvalue weighted by Gasteiger charge is 2.17. The Bertz CT molecular complexity index is 769. The van der Waals surface area contributed by atoms with Gasteiger partial charge in [0.25, 0.3) is 5.91 Å². The topological polar surface area (TPSA) is 50.8 Å². The predicted molar refractivity (Wildman–Crippen MR) is 109 cm³/mol. The fraction of sp³-hybridized carbons (Fsp3) is 0.409. The maximum absolute atomic E-state index is 12.7. The molecule has 1 amide bonds. The first kappa shape index (κ1) is 19.1. The molecule has 0 atom stereocenters. The summed E-state index contributed by atoms with van der Waals surface area (Å²) in [5.41, 5.74) is 3.35. The Hall–Kier alpha value is -2.69. The number of hydrogen-bond acceptors (Lipinski definition) is 4. The largest absolute Gasteiger partial charge is 0.496 e. The van der Waals surface area contributed by atoms with E-state index in [0.717, 1.165) is 30.3 Å². The summed E-state index contributed by atoms with van der Waals surface area (Å²) >= 11 is 0. The Balaban J connectivity index is 1.71. The summed E-state index contributed by atoms with van der Waals surface area (Å²) in [5.74, 6) is 1.89. The van der Waals surface area contributed by atoms with Gasteiger partial charge in [-0.25, -0.2) is 0 Å². The first-order chi connectivity index (χ1) is 13.0. The molecule has 0 spiro atoms. The molecular formula is C22H28N2O3. The number of amides is 1. The molecule has 0 saturated carbocycles. The molecule has 144 valence electrons. The van der Waals surface area contributed by atoms with Gasteiger partial charge in [-0.15, -0.1) is 0 Å². The van der Waals surface area contributed by atoms with Gasteiger partial charge in [0.05, 0.1) is 14.2 Å². The van der Waals surface area contributed by atoms with Gasteiger partial charge in [0.1, 0.15) is 11.5 Å². The van der Waals surface area contributed by atoms with E-state index in [4.69, 9.17) is 9.47 Å². The number of methoxy groups -OCH3 is 2. The molecule has 5 heteroatoms. The number of carbonyl (C=O) groups excluding carboxylic acids is 1. The average Bonchev–Trinajstić information content (AvgIpc) is 2.69. The first-order valence-corrected chi connectivity index (χ1v) is 9.40. The molecule has 2 aromatic carbocycles. The van der Waals surface area contributed by atoms with Crippen molar-refractivity contribution in [1.82, 2.24) is 0 Å². The van der Waals surface area contributed by atoms with Crippen molar-refractivity contribution in [3.8, 4) is 11.5 Å². The van der Waals surface area contributed by atoms with Crippen molar-refractivity contribution >= 4 is 17.3 Å². The fourth-order valence-corrected chi connectivity index (χ4v) is 3.44. The summed E-state index contributed by atoms with van der Waals surface area (Å²) in [6.07, 6.45) is 2.46. The minimum absolute atomic E-state index is 0.189. The predicted octanol–water partition coefficient (Wildman–Crippen LogP) is 4.50. The number of rotatable bonds is 5. The van der Waals surface area contributed by atoms with Crippen LogP contribution in [0.4, 0.5) is 11.4 Å². The third-order valence-corrected chi connectivity index (χ3v) is 5.29. The lowest BCUT2D eigenvalue weighted by atomic mass is 9.99. The average molecular weight is 368 g/mol. The highest BCUT2D eigenvalue weighted by atomic mass is 16.5. The highest BCUT2D eigenvalue weighted by Crippen LogP contribution is 2.30. The van der Waals surface area contributed by atoms with E-state index < -0.39 is 0 Å². The number of nitrogens with zero attached hydrogens (tertiary/aromatic N) is 1. The third kappa shape index (κ3) is 4.35. The number of piperidine rings is 1. The van der Waals surface area contributed by atoms with Crippen molar-refractivity contribution in [1.29, 1.82) is 0 Å². The van der Waals surface area contributed by atoms with Gasteiger partial charge in [0, 0.05) is 35.6 Å². The second kappa shape index (κ2) is 8.33.